The average molecular weight is 213 g/mol. The summed E-state index contributed by atoms with van der Waals surface area (Å²) in [4.78, 5) is 0. The van der Waals surface area contributed by atoms with E-state index in [0.29, 0.717) is 5.88 Å². The minimum absolute atomic E-state index is 0.133. The molecule has 0 heterocycles. The molecule has 1 nitrogen and oxygen atoms in total. The number of benzene rings is 1. The number of hydrogen-bond acceptors (Lipinski definition) is 1. The molecule has 0 aromatic heterocycles. The highest BCUT2D eigenvalue weighted by Gasteiger charge is 2.12. The van der Waals surface area contributed by atoms with Gasteiger partial charge in [-0.3, -0.25) is 0 Å². The third kappa shape index (κ3) is 3.69. The second-order valence-corrected chi connectivity index (χ2v) is 3.94. The zero-order valence-corrected chi connectivity index (χ0v) is 9.50. The van der Waals surface area contributed by atoms with Crippen LogP contribution in [0.4, 0.5) is 0 Å². The zero-order valence-electron chi connectivity index (χ0n) is 8.74. The smallest absolute Gasteiger partial charge is 0.0839 e. The van der Waals surface area contributed by atoms with Gasteiger partial charge >= 0.3 is 0 Å². The molecule has 0 bridgehead atoms. The minimum Gasteiger partial charge on any atom is -0.371 e. The van der Waals surface area contributed by atoms with E-state index in [0.717, 1.165) is 6.42 Å². The van der Waals surface area contributed by atoms with Gasteiger partial charge in [-0.05, 0) is 25.8 Å². The van der Waals surface area contributed by atoms with Crippen LogP contribution in [0.2, 0.25) is 0 Å². The second kappa shape index (κ2) is 6.05. The van der Waals surface area contributed by atoms with E-state index in [9.17, 15) is 0 Å². The fraction of sp³-hybridized carbons (Fsp3) is 0.500. The van der Waals surface area contributed by atoms with Gasteiger partial charge in [0.05, 0.1) is 12.2 Å². The minimum atomic E-state index is 0.133. The summed E-state index contributed by atoms with van der Waals surface area (Å²) >= 11 is 5.75. The van der Waals surface area contributed by atoms with Crippen LogP contribution < -0.4 is 0 Å². The van der Waals surface area contributed by atoms with Crippen molar-refractivity contribution in [2.45, 2.75) is 32.5 Å². The summed E-state index contributed by atoms with van der Waals surface area (Å²) in [6, 6.07) is 10.2. The SMILES string of the molecule is CC(C)OC(CCCl)c1ccccc1. The summed E-state index contributed by atoms with van der Waals surface area (Å²) in [5.41, 5.74) is 1.21. The molecule has 0 amide bonds. The van der Waals surface area contributed by atoms with Crippen molar-refractivity contribution < 1.29 is 4.74 Å². The first-order valence-electron chi connectivity index (χ1n) is 5.00. The molecule has 78 valence electrons. The third-order valence-electron chi connectivity index (χ3n) is 1.98. The van der Waals surface area contributed by atoms with E-state index in [2.05, 4.69) is 12.1 Å². The highest BCUT2D eigenvalue weighted by molar-refractivity contribution is 6.17. The zero-order chi connectivity index (χ0) is 10.4. The molecular formula is C12H17ClO. The van der Waals surface area contributed by atoms with E-state index in [1.165, 1.54) is 5.56 Å². The molecule has 0 saturated heterocycles. The molecule has 1 aromatic carbocycles. The van der Waals surface area contributed by atoms with Crippen molar-refractivity contribution in [3.8, 4) is 0 Å². The molecule has 0 aliphatic carbocycles. The second-order valence-electron chi connectivity index (χ2n) is 3.56. The van der Waals surface area contributed by atoms with E-state index in [1.54, 1.807) is 0 Å². The summed E-state index contributed by atoms with van der Waals surface area (Å²) < 4.78 is 5.79. The van der Waals surface area contributed by atoms with Crippen molar-refractivity contribution in [1.29, 1.82) is 0 Å². The lowest BCUT2D eigenvalue weighted by Crippen LogP contribution is -2.11. The molecule has 1 aromatic rings. The van der Waals surface area contributed by atoms with Gasteiger partial charge in [-0.1, -0.05) is 30.3 Å². The van der Waals surface area contributed by atoms with Gasteiger partial charge in [-0.2, -0.15) is 0 Å². The van der Waals surface area contributed by atoms with Crippen molar-refractivity contribution in [3.63, 3.8) is 0 Å². The van der Waals surface area contributed by atoms with Gasteiger partial charge in [-0.25, -0.2) is 0 Å². The molecule has 1 atom stereocenters. The van der Waals surface area contributed by atoms with Crippen molar-refractivity contribution >= 4 is 11.6 Å². The van der Waals surface area contributed by atoms with Crippen LogP contribution in [-0.2, 0) is 4.74 Å². The lowest BCUT2D eigenvalue weighted by atomic mass is 10.1. The van der Waals surface area contributed by atoms with Gasteiger partial charge in [0.15, 0.2) is 0 Å². The molecule has 0 aliphatic rings. The standard InChI is InChI=1S/C12H17ClO/c1-10(2)14-12(8-9-13)11-6-4-3-5-7-11/h3-7,10,12H,8-9H2,1-2H3. The Morgan fingerprint density at radius 3 is 2.36 bits per heavy atom. The van der Waals surface area contributed by atoms with Crippen molar-refractivity contribution in [2.75, 3.05) is 5.88 Å². The Morgan fingerprint density at radius 1 is 1.21 bits per heavy atom. The molecule has 2 heteroatoms. The normalized spacial score (nSPS) is 13.1. The number of alkyl halides is 1. The van der Waals surface area contributed by atoms with Crippen LogP contribution in [0.25, 0.3) is 0 Å². The lowest BCUT2D eigenvalue weighted by Gasteiger charge is -2.19. The molecule has 0 N–H and O–H groups in total. The maximum absolute atomic E-state index is 5.79. The Kier molecular flexibility index (Phi) is 4.99. The summed E-state index contributed by atoms with van der Waals surface area (Å²) in [7, 11) is 0. The number of halogens is 1. The molecule has 0 spiro atoms. The topological polar surface area (TPSA) is 9.23 Å². The Labute approximate surface area is 91.0 Å². The predicted octanol–water partition coefficient (Wildman–Crippen LogP) is 3.78. The molecule has 1 rings (SSSR count). The summed E-state index contributed by atoms with van der Waals surface area (Å²) in [6.07, 6.45) is 1.24. The van der Waals surface area contributed by atoms with Gasteiger partial charge in [0, 0.05) is 5.88 Å². The molecule has 14 heavy (non-hydrogen) atoms. The van der Waals surface area contributed by atoms with Crippen LogP contribution in [0.5, 0.6) is 0 Å². The first-order chi connectivity index (χ1) is 6.74. The molecule has 0 fully saturated rings. The molecule has 0 aliphatic heterocycles. The largest absolute Gasteiger partial charge is 0.371 e. The van der Waals surface area contributed by atoms with E-state index < -0.39 is 0 Å². The summed E-state index contributed by atoms with van der Waals surface area (Å²) in [6.45, 7) is 4.09. The Bertz CT molecular complexity index is 246. The maximum atomic E-state index is 5.79. The fourth-order valence-electron chi connectivity index (χ4n) is 1.41. The number of hydrogen-bond donors (Lipinski definition) is 0. The van der Waals surface area contributed by atoms with E-state index in [4.69, 9.17) is 16.3 Å². The van der Waals surface area contributed by atoms with Gasteiger partial charge in [0.2, 0.25) is 0 Å². The summed E-state index contributed by atoms with van der Waals surface area (Å²) in [5, 5.41) is 0. The maximum Gasteiger partial charge on any atom is 0.0839 e. The van der Waals surface area contributed by atoms with Crippen LogP contribution in [0.1, 0.15) is 31.9 Å². The van der Waals surface area contributed by atoms with E-state index in [1.807, 2.05) is 32.0 Å². The van der Waals surface area contributed by atoms with Gasteiger partial charge in [-0.15, -0.1) is 11.6 Å². The Balaban J connectivity index is 2.67. The van der Waals surface area contributed by atoms with Gasteiger partial charge in [0.25, 0.3) is 0 Å². The van der Waals surface area contributed by atoms with Gasteiger partial charge < -0.3 is 4.74 Å². The van der Waals surface area contributed by atoms with E-state index >= 15 is 0 Å². The first-order valence-corrected chi connectivity index (χ1v) is 5.54. The fourth-order valence-corrected chi connectivity index (χ4v) is 1.61. The average Bonchev–Trinajstić information content (AvgIpc) is 2.18. The molecule has 1 unspecified atom stereocenters. The third-order valence-corrected chi connectivity index (χ3v) is 2.20. The Morgan fingerprint density at radius 2 is 1.86 bits per heavy atom. The van der Waals surface area contributed by atoms with Gasteiger partial charge in [0.1, 0.15) is 0 Å². The highest BCUT2D eigenvalue weighted by atomic mass is 35.5. The number of rotatable bonds is 5. The molecular weight excluding hydrogens is 196 g/mol. The first kappa shape index (κ1) is 11.5. The van der Waals surface area contributed by atoms with Crippen LogP contribution in [0, 0.1) is 0 Å². The highest BCUT2D eigenvalue weighted by Crippen LogP contribution is 2.22. The van der Waals surface area contributed by atoms with Crippen LogP contribution in [0.15, 0.2) is 30.3 Å². The quantitative estimate of drug-likeness (QED) is 0.675. The lowest BCUT2D eigenvalue weighted by molar-refractivity contribution is 0.00499. The van der Waals surface area contributed by atoms with E-state index in [-0.39, 0.29) is 12.2 Å². The molecule has 0 saturated carbocycles. The van der Waals surface area contributed by atoms with Crippen molar-refractivity contribution in [3.05, 3.63) is 35.9 Å². The predicted molar refractivity (Wildman–Crippen MR) is 60.7 cm³/mol. The van der Waals surface area contributed by atoms with Crippen molar-refractivity contribution in [1.82, 2.24) is 0 Å². The van der Waals surface area contributed by atoms with Crippen molar-refractivity contribution in [2.24, 2.45) is 0 Å². The summed E-state index contributed by atoms with van der Waals surface area (Å²) in [5.74, 6) is 0.631. The Hall–Kier alpha value is -0.530. The monoisotopic (exact) mass is 212 g/mol. The van der Waals surface area contributed by atoms with Crippen LogP contribution >= 0.6 is 11.6 Å². The molecule has 0 radical (unpaired) electrons. The number of ether oxygens (including phenoxy) is 1. The van der Waals surface area contributed by atoms with Crippen LogP contribution in [-0.4, -0.2) is 12.0 Å². The van der Waals surface area contributed by atoms with Crippen LogP contribution in [0.3, 0.4) is 0 Å².